The van der Waals surface area contributed by atoms with E-state index < -0.39 is 0 Å². The van der Waals surface area contributed by atoms with Crippen molar-refractivity contribution in [3.05, 3.63) is 60.4 Å². The van der Waals surface area contributed by atoms with Gasteiger partial charge in [-0.3, -0.25) is 0 Å². The second-order valence-corrected chi connectivity index (χ2v) is 4.27. The highest BCUT2D eigenvalue weighted by Gasteiger charge is 2.13. The van der Waals surface area contributed by atoms with Crippen molar-refractivity contribution in [2.75, 3.05) is 14.1 Å². The summed E-state index contributed by atoms with van der Waals surface area (Å²) in [6.07, 6.45) is 4.22. The molecule has 0 amide bonds. The molecule has 0 spiro atoms. The van der Waals surface area contributed by atoms with Gasteiger partial charge in [0.1, 0.15) is 0 Å². The Morgan fingerprint density at radius 2 is 1.62 bits per heavy atom. The molecule has 0 fully saturated rings. The van der Waals surface area contributed by atoms with Crippen molar-refractivity contribution < 1.29 is 0 Å². The molecule has 1 aromatic carbocycles. The number of likely N-dealkylation sites (N-methyl/N-ethyl adjacent to an activating group) is 1. The molecule has 0 bridgehead atoms. The van der Waals surface area contributed by atoms with Gasteiger partial charge < -0.3 is 9.47 Å². The fraction of sp³-hybridized carbons (Fsp3) is 0.286. The second kappa shape index (κ2) is 4.99. The van der Waals surface area contributed by atoms with E-state index in [4.69, 9.17) is 0 Å². The van der Waals surface area contributed by atoms with E-state index in [0.29, 0.717) is 6.04 Å². The smallest absolute Gasteiger partial charge is 0.0522 e. The predicted octanol–water partition coefficient (Wildman–Crippen LogP) is 2.79. The average Bonchev–Trinajstić information content (AvgIpc) is 2.79. The third kappa shape index (κ3) is 2.52. The molecule has 2 rings (SSSR count). The van der Waals surface area contributed by atoms with E-state index in [-0.39, 0.29) is 0 Å². The van der Waals surface area contributed by atoms with Crippen molar-refractivity contribution in [1.29, 1.82) is 0 Å². The highest BCUT2D eigenvalue weighted by molar-refractivity contribution is 5.18. The lowest BCUT2D eigenvalue weighted by molar-refractivity contribution is 0.269. The number of nitrogens with zero attached hydrogens (tertiary/aromatic N) is 2. The Kier molecular flexibility index (Phi) is 3.42. The number of hydrogen-bond donors (Lipinski definition) is 0. The molecule has 0 saturated carbocycles. The Hall–Kier alpha value is -1.54. The fourth-order valence-corrected chi connectivity index (χ4v) is 1.93. The average molecular weight is 214 g/mol. The molecule has 0 saturated heterocycles. The molecule has 0 N–H and O–H groups in total. The van der Waals surface area contributed by atoms with Crippen molar-refractivity contribution in [3.63, 3.8) is 0 Å². The molecule has 1 aromatic heterocycles. The van der Waals surface area contributed by atoms with Crippen LogP contribution in [0.1, 0.15) is 11.6 Å². The van der Waals surface area contributed by atoms with E-state index in [0.717, 1.165) is 6.54 Å². The Labute approximate surface area is 97.1 Å². The molecule has 0 aliphatic rings. The second-order valence-electron chi connectivity index (χ2n) is 4.27. The Morgan fingerprint density at radius 3 is 2.19 bits per heavy atom. The summed E-state index contributed by atoms with van der Waals surface area (Å²) < 4.78 is 2.22. The first kappa shape index (κ1) is 11.0. The van der Waals surface area contributed by atoms with E-state index >= 15 is 0 Å². The summed E-state index contributed by atoms with van der Waals surface area (Å²) in [5.74, 6) is 0. The molecule has 84 valence electrons. The molecule has 0 aliphatic heterocycles. The molecule has 2 aromatic rings. The standard InChI is InChI=1S/C14H18N2/c1-15(2)14(12-16-10-6-7-11-16)13-8-4-3-5-9-13/h3-11,14H,12H2,1-2H3. The summed E-state index contributed by atoms with van der Waals surface area (Å²) in [5.41, 5.74) is 1.36. The number of benzene rings is 1. The molecule has 2 nitrogen and oxygen atoms in total. The van der Waals surface area contributed by atoms with Crippen molar-refractivity contribution >= 4 is 0 Å². The minimum atomic E-state index is 0.425. The van der Waals surface area contributed by atoms with Crippen LogP contribution in [0.4, 0.5) is 0 Å². The van der Waals surface area contributed by atoms with E-state index in [1.165, 1.54) is 5.56 Å². The SMILES string of the molecule is CN(C)C(Cn1cccc1)c1ccccc1. The van der Waals surface area contributed by atoms with Gasteiger partial charge in [0.25, 0.3) is 0 Å². The molecule has 1 heterocycles. The van der Waals surface area contributed by atoms with Gasteiger partial charge in [-0.15, -0.1) is 0 Å². The maximum absolute atomic E-state index is 2.26. The normalized spacial score (nSPS) is 12.9. The molecule has 2 heteroatoms. The van der Waals surface area contributed by atoms with Crippen molar-refractivity contribution in [1.82, 2.24) is 9.47 Å². The quantitative estimate of drug-likeness (QED) is 0.759. The Bertz CT molecular complexity index is 404. The number of hydrogen-bond acceptors (Lipinski definition) is 1. The van der Waals surface area contributed by atoms with Crippen LogP contribution >= 0.6 is 0 Å². The zero-order valence-electron chi connectivity index (χ0n) is 9.88. The van der Waals surface area contributed by atoms with Crippen LogP contribution in [0.2, 0.25) is 0 Å². The first-order valence-electron chi connectivity index (χ1n) is 5.59. The third-order valence-corrected chi connectivity index (χ3v) is 2.86. The van der Waals surface area contributed by atoms with E-state index in [1.807, 2.05) is 0 Å². The molecule has 0 aliphatic carbocycles. The van der Waals surface area contributed by atoms with Gasteiger partial charge in [0.15, 0.2) is 0 Å². The van der Waals surface area contributed by atoms with E-state index in [2.05, 4.69) is 78.4 Å². The molecular formula is C14H18N2. The highest BCUT2D eigenvalue weighted by Crippen LogP contribution is 2.19. The van der Waals surface area contributed by atoms with Crippen molar-refractivity contribution in [3.8, 4) is 0 Å². The summed E-state index contributed by atoms with van der Waals surface area (Å²) in [4.78, 5) is 2.26. The minimum Gasteiger partial charge on any atom is -0.352 e. The van der Waals surface area contributed by atoms with Crippen LogP contribution in [0.25, 0.3) is 0 Å². The number of aromatic nitrogens is 1. The van der Waals surface area contributed by atoms with Crippen LogP contribution in [-0.4, -0.2) is 23.6 Å². The van der Waals surface area contributed by atoms with Crippen LogP contribution in [0, 0.1) is 0 Å². The minimum absolute atomic E-state index is 0.425. The lowest BCUT2D eigenvalue weighted by Crippen LogP contribution is -2.24. The van der Waals surface area contributed by atoms with Gasteiger partial charge in [0, 0.05) is 18.9 Å². The van der Waals surface area contributed by atoms with Gasteiger partial charge in [-0.2, -0.15) is 0 Å². The molecule has 16 heavy (non-hydrogen) atoms. The lowest BCUT2D eigenvalue weighted by atomic mass is 10.1. The summed E-state index contributed by atoms with van der Waals surface area (Å²) in [6.45, 7) is 0.990. The fourth-order valence-electron chi connectivity index (χ4n) is 1.93. The van der Waals surface area contributed by atoms with E-state index in [9.17, 15) is 0 Å². The number of rotatable bonds is 4. The first-order chi connectivity index (χ1) is 7.77. The topological polar surface area (TPSA) is 8.17 Å². The van der Waals surface area contributed by atoms with Crippen LogP contribution in [0.3, 0.4) is 0 Å². The van der Waals surface area contributed by atoms with Crippen LogP contribution < -0.4 is 0 Å². The highest BCUT2D eigenvalue weighted by atomic mass is 15.1. The zero-order chi connectivity index (χ0) is 11.4. The van der Waals surface area contributed by atoms with Crippen LogP contribution in [-0.2, 0) is 6.54 Å². The molecule has 1 atom stereocenters. The van der Waals surface area contributed by atoms with Gasteiger partial charge in [0.2, 0.25) is 0 Å². The van der Waals surface area contributed by atoms with Crippen molar-refractivity contribution in [2.24, 2.45) is 0 Å². The van der Waals surface area contributed by atoms with Gasteiger partial charge in [0.05, 0.1) is 6.04 Å². The van der Waals surface area contributed by atoms with E-state index in [1.54, 1.807) is 0 Å². The van der Waals surface area contributed by atoms with Crippen LogP contribution in [0.5, 0.6) is 0 Å². The predicted molar refractivity (Wildman–Crippen MR) is 67.3 cm³/mol. The Balaban J connectivity index is 2.18. The van der Waals surface area contributed by atoms with Gasteiger partial charge >= 0.3 is 0 Å². The summed E-state index contributed by atoms with van der Waals surface area (Å²) >= 11 is 0. The zero-order valence-corrected chi connectivity index (χ0v) is 9.88. The summed E-state index contributed by atoms with van der Waals surface area (Å²) in [5, 5.41) is 0. The van der Waals surface area contributed by atoms with Gasteiger partial charge in [-0.25, -0.2) is 0 Å². The molecule has 0 radical (unpaired) electrons. The molecular weight excluding hydrogens is 196 g/mol. The monoisotopic (exact) mass is 214 g/mol. The van der Waals surface area contributed by atoms with Crippen molar-refractivity contribution in [2.45, 2.75) is 12.6 Å². The maximum Gasteiger partial charge on any atom is 0.0522 e. The first-order valence-corrected chi connectivity index (χ1v) is 5.59. The van der Waals surface area contributed by atoms with Gasteiger partial charge in [-0.05, 0) is 31.8 Å². The lowest BCUT2D eigenvalue weighted by Gasteiger charge is -2.25. The van der Waals surface area contributed by atoms with Crippen LogP contribution in [0.15, 0.2) is 54.9 Å². The summed E-state index contributed by atoms with van der Waals surface area (Å²) in [7, 11) is 4.25. The summed E-state index contributed by atoms with van der Waals surface area (Å²) in [6, 6.07) is 15.2. The maximum atomic E-state index is 2.26. The largest absolute Gasteiger partial charge is 0.352 e. The van der Waals surface area contributed by atoms with Gasteiger partial charge in [-0.1, -0.05) is 30.3 Å². The Morgan fingerprint density at radius 1 is 1.00 bits per heavy atom. The third-order valence-electron chi connectivity index (χ3n) is 2.86. The molecule has 1 unspecified atom stereocenters.